The number of phenols is 1. The lowest BCUT2D eigenvalue weighted by Gasteiger charge is -2.25. The fourth-order valence-electron chi connectivity index (χ4n) is 2.49. The van der Waals surface area contributed by atoms with E-state index < -0.39 is 11.3 Å². The quantitative estimate of drug-likeness (QED) is 0.817. The van der Waals surface area contributed by atoms with Crippen molar-refractivity contribution < 1.29 is 19.4 Å². The van der Waals surface area contributed by atoms with Crippen molar-refractivity contribution in [3.05, 3.63) is 59.1 Å². The standard InChI is InChI=1S/C18H17ClN2O4S/c1-11-17(24)21(18(26-11)14-4-2-3-5-15(14)22)20-16(23)10-25-13-8-6-12(19)7-9-13/h2-9,11,18,22H,10H2,1H3,(H,20,23). The lowest BCUT2D eigenvalue weighted by atomic mass is 10.2. The van der Waals surface area contributed by atoms with Crippen molar-refractivity contribution in [2.24, 2.45) is 0 Å². The number of hydrazine groups is 1. The summed E-state index contributed by atoms with van der Waals surface area (Å²) in [6.45, 7) is 1.51. The molecule has 2 amide bonds. The van der Waals surface area contributed by atoms with Gasteiger partial charge < -0.3 is 9.84 Å². The van der Waals surface area contributed by atoms with Gasteiger partial charge >= 0.3 is 0 Å². The molecule has 1 aliphatic rings. The van der Waals surface area contributed by atoms with E-state index in [4.69, 9.17) is 16.3 Å². The van der Waals surface area contributed by atoms with Crippen LogP contribution >= 0.6 is 23.4 Å². The van der Waals surface area contributed by atoms with Crippen molar-refractivity contribution in [2.45, 2.75) is 17.5 Å². The summed E-state index contributed by atoms with van der Waals surface area (Å²) in [7, 11) is 0. The lowest BCUT2D eigenvalue weighted by Crippen LogP contribution is -2.47. The zero-order valence-corrected chi connectivity index (χ0v) is 15.5. The minimum atomic E-state index is -0.502. The Hall–Kier alpha value is -2.38. The molecule has 1 saturated heterocycles. The Morgan fingerprint density at radius 2 is 1.96 bits per heavy atom. The average Bonchev–Trinajstić information content (AvgIpc) is 2.90. The van der Waals surface area contributed by atoms with Gasteiger partial charge in [-0.15, -0.1) is 11.8 Å². The molecule has 3 rings (SSSR count). The van der Waals surface area contributed by atoms with Gasteiger partial charge in [0, 0.05) is 10.6 Å². The van der Waals surface area contributed by atoms with E-state index >= 15 is 0 Å². The molecule has 0 spiro atoms. The SMILES string of the molecule is CC1SC(c2ccccc2O)N(NC(=O)COc2ccc(Cl)cc2)C1=O. The summed E-state index contributed by atoms with van der Waals surface area (Å²) in [6, 6.07) is 13.4. The number of phenolic OH excluding ortho intramolecular Hbond substituents is 1. The number of hydrogen-bond acceptors (Lipinski definition) is 5. The summed E-state index contributed by atoms with van der Waals surface area (Å²) >= 11 is 7.16. The third-order valence-electron chi connectivity index (χ3n) is 3.78. The molecule has 2 N–H and O–H groups in total. The van der Waals surface area contributed by atoms with Crippen LogP contribution in [-0.4, -0.2) is 33.8 Å². The molecule has 2 aromatic rings. The zero-order valence-electron chi connectivity index (χ0n) is 13.9. The van der Waals surface area contributed by atoms with Crippen LogP contribution in [0.15, 0.2) is 48.5 Å². The summed E-state index contributed by atoms with van der Waals surface area (Å²) in [5.41, 5.74) is 3.14. The normalized spacial score (nSPS) is 19.5. The topological polar surface area (TPSA) is 78.9 Å². The number of nitrogens with one attached hydrogen (secondary N) is 1. The first-order valence-corrected chi connectivity index (χ1v) is 9.22. The van der Waals surface area contributed by atoms with Crippen LogP contribution in [0, 0.1) is 0 Å². The molecule has 1 heterocycles. The molecule has 26 heavy (non-hydrogen) atoms. The summed E-state index contributed by atoms with van der Waals surface area (Å²) in [6.07, 6.45) is 0. The van der Waals surface area contributed by atoms with Gasteiger partial charge in [0.25, 0.3) is 11.8 Å². The fraction of sp³-hybridized carbons (Fsp3) is 0.222. The fourth-order valence-corrected chi connectivity index (χ4v) is 3.86. The minimum Gasteiger partial charge on any atom is -0.508 e. The van der Waals surface area contributed by atoms with Crippen LogP contribution in [0.4, 0.5) is 0 Å². The van der Waals surface area contributed by atoms with E-state index in [9.17, 15) is 14.7 Å². The first-order chi connectivity index (χ1) is 12.5. The van der Waals surface area contributed by atoms with Crippen molar-refractivity contribution >= 4 is 35.2 Å². The molecule has 0 aliphatic carbocycles. The van der Waals surface area contributed by atoms with Crippen molar-refractivity contribution in [2.75, 3.05) is 6.61 Å². The molecule has 0 aromatic heterocycles. The Balaban J connectivity index is 1.67. The lowest BCUT2D eigenvalue weighted by molar-refractivity contribution is -0.141. The summed E-state index contributed by atoms with van der Waals surface area (Å²) < 4.78 is 5.40. The van der Waals surface area contributed by atoms with Gasteiger partial charge in [0.2, 0.25) is 0 Å². The number of ether oxygens (including phenoxy) is 1. The van der Waals surface area contributed by atoms with Crippen LogP contribution in [0.5, 0.6) is 11.5 Å². The van der Waals surface area contributed by atoms with Crippen molar-refractivity contribution in [1.82, 2.24) is 10.4 Å². The third kappa shape index (κ3) is 4.05. The number of halogens is 1. The number of nitrogens with zero attached hydrogens (tertiary/aromatic N) is 1. The highest BCUT2D eigenvalue weighted by molar-refractivity contribution is 8.01. The van der Waals surface area contributed by atoms with Crippen LogP contribution in [0.2, 0.25) is 5.02 Å². The maximum atomic E-state index is 12.4. The Morgan fingerprint density at radius 1 is 1.27 bits per heavy atom. The number of aromatic hydroxyl groups is 1. The van der Waals surface area contributed by atoms with Gasteiger partial charge in [-0.2, -0.15) is 0 Å². The number of hydrogen-bond donors (Lipinski definition) is 2. The predicted molar refractivity (Wildman–Crippen MR) is 99.8 cm³/mol. The molecular weight excluding hydrogens is 376 g/mol. The maximum absolute atomic E-state index is 12.4. The van der Waals surface area contributed by atoms with E-state index in [1.807, 2.05) is 0 Å². The van der Waals surface area contributed by atoms with Gasteiger partial charge in [-0.05, 0) is 37.3 Å². The number of thioether (sulfide) groups is 1. The molecule has 2 aromatic carbocycles. The Labute approximate surface area is 160 Å². The molecule has 2 unspecified atom stereocenters. The molecule has 136 valence electrons. The summed E-state index contributed by atoms with van der Waals surface area (Å²) in [5, 5.41) is 11.1. The number of rotatable bonds is 5. The van der Waals surface area contributed by atoms with E-state index in [-0.39, 0.29) is 23.5 Å². The van der Waals surface area contributed by atoms with E-state index in [0.29, 0.717) is 16.3 Å². The van der Waals surface area contributed by atoms with Crippen LogP contribution in [0.3, 0.4) is 0 Å². The second kappa shape index (κ2) is 7.88. The zero-order chi connectivity index (χ0) is 18.7. The second-order valence-electron chi connectivity index (χ2n) is 5.68. The van der Waals surface area contributed by atoms with Gasteiger partial charge in [-0.25, -0.2) is 5.01 Å². The van der Waals surface area contributed by atoms with Crippen LogP contribution < -0.4 is 10.2 Å². The van der Waals surface area contributed by atoms with Crippen molar-refractivity contribution in [3.63, 3.8) is 0 Å². The van der Waals surface area contributed by atoms with Gasteiger partial charge in [0.15, 0.2) is 6.61 Å². The molecule has 8 heteroatoms. The average molecular weight is 393 g/mol. The summed E-state index contributed by atoms with van der Waals surface area (Å²) in [5.74, 6) is -0.132. The molecule has 0 bridgehead atoms. The Bertz CT molecular complexity index is 815. The first kappa shape index (κ1) is 18.4. The number of carbonyl (C=O) groups is 2. The molecule has 1 fully saturated rings. The number of amides is 2. The molecule has 0 saturated carbocycles. The number of carbonyl (C=O) groups excluding carboxylic acids is 2. The molecule has 0 radical (unpaired) electrons. The molecule has 1 aliphatic heterocycles. The number of benzene rings is 2. The highest BCUT2D eigenvalue weighted by Gasteiger charge is 2.40. The van der Waals surface area contributed by atoms with Gasteiger partial charge in [-0.1, -0.05) is 29.8 Å². The number of para-hydroxylation sites is 1. The first-order valence-electron chi connectivity index (χ1n) is 7.90. The second-order valence-corrected chi connectivity index (χ2v) is 7.54. The smallest absolute Gasteiger partial charge is 0.276 e. The van der Waals surface area contributed by atoms with Crippen LogP contribution in [0.25, 0.3) is 0 Å². The van der Waals surface area contributed by atoms with E-state index in [1.54, 1.807) is 55.5 Å². The highest BCUT2D eigenvalue weighted by atomic mass is 35.5. The highest BCUT2D eigenvalue weighted by Crippen LogP contribution is 2.44. The van der Waals surface area contributed by atoms with Crippen molar-refractivity contribution in [3.8, 4) is 11.5 Å². The third-order valence-corrected chi connectivity index (χ3v) is 5.37. The van der Waals surface area contributed by atoms with Crippen LogP contribution in [-0.2, 0) is 9.59 Å². The van der Waals surface area contributed by atoms with Gasteiger partial charge in [-0.3, -0.25) is 15.0 Å². The van der Waals surface area contributed by atoms with Gasteiger partial charge in [0.1, 0.15) is 16.9 Å². The Kier molecular flexibility index (Phi) is 5.58. The largest absolute Gasteiger partial charge is 0.508 e. The predicted octanol–water partition coefficient (Wildman–Crippen LogP) is 3.12. The van der Waals surface area contributed by atoms with E-state index in [2.05, 4.69) is 5.43 Å². The van der Waals surface area contributed by atoms with E-state index in [0.717, 1.165) is 0 Å². The van der Waals surface area contributed by atoms with E-state index in [1.165, 1.54) is 16.8 Å². The van der Waals surface area contributed by atoms with Crippen molar-refractivity contribution in [1.29, 1.82) is 0 Å². The molecular formula is C18H17ClN2O4S. The van der Waals surface area contributed by atoms with Gasteiger partial charge in [0.05, 0.1) is 5.25 Å². The minimum absolute atomic E-state index is 0.0727. The monoisotopic (exact) mass is 392 g/mol. The molecule has 6 nitrogen and oxygen atoms in total. The maximum Gasteiger partial charge on any atom is 0.276 e. The molecule has 2 atom stereocenters. The Morgan fingerprint density at radius 3 is 2.65 bits per heavy atom. The summed E-state index contributed by atoms with van der Waals surface area (Å²) in [4.78, 5) is 24.6. The van der Waals surface area contributed by atoms with Crippen LogP contribution in [0.1, 0.15) is 17.9 Å².